The third kappa shape index (κ3) is 4.34. The van der Waals surface area contributed by atoms with Gasteiger partial charge in [-0.3, -0.25) is 0 Å². The van der Waals surface area contributed by atoms with Gasteiger partial charge in [-0.1, -0.05) is 67.3 Å². The highest BCUT2D eigenvalue weighted by Gasteiger charge is 2.04. The van der Waals surface area contributed by atoms with Gasteiger partial charge in [-0.2, -0.15) is 0 Å². The fourth-order valence-corrected chi connectivity index (χ4v) is 1.25. The molecule has 2 aromatic carbocycles. The number of hydrogen-bond donors (Lipinski definition) is 1. The molecule has 0 radical (unpaired) electrons. The second kappa shape index (κ2) is 7.01. The van der Waals surface area contributed by atoms with Crippen LogP contribution in [0.5, 0.6) is 0 Å². The summed E-state index contributed by atoms with van der Waals surface area (Å²) >= 11 is 0. The van der Waals surface area contributed by atoms with Crippen molar-refractivity contribution >= 4 is 12.0 Å². The lowest BCUT2D eigenvalue weighted by atomic mass is 10.1. The minimum atomic E-state index is -0.916. The molecule has 0 amide bonds. The zero-order chi connectivity index (χ0) is 12.5. The lowest BCUT2D eigenvalue weighted by molar-refractivity contribution is 0.0696. The maximum absolute atomic E-state index is 10.5. The molecule has 2 heteroatoms. The van der Waals surface area contributed by atoms with Gasteiger partial charge in [0.1, 0.15) is 0 Å². The van der Waals surface area contributed by atoms with Crippen LogP contribution >= 0.6 is 0 Å². The zero-order valence-corrected chi connectivity index (χ0v) is 9.41. The van der Waals surface area contributed by atoms with E-state index >= 15 is 0 Å². The second-order valence-corrected chi connectivity index (χ2v) is 3.25. The molecule has 2 aromatic rings. The largest absolute Gasteiger partial charge is 0.478 e. The molecule has 0 saturated carbocycles. The van der Waals surface area contributed by atoms with E-state index in [9.17, 15) is 4.79 Å². The standard InChI is InChI=1S/C9H8O2.C6H6/c1-2-7-5-3-4-6-8(7)9(10)11;1-2-4-6-5-3-1/h2-6H,1H2,(H,10,11);1-6H. The topological polar surface area (TPSA) is 37.3 Å². The van der Waals surface area contributed by atoms with Crippen molar-refractivity contribution in [3.8, 4) is 0 Å². The summed E-state index contributed by atoms with van der Waals surface area (Å²) in [6, 6.07) is 18.7. The van der Waals surface area contributed by atoms with E-state index in [-0.39, 0.29) is 0 Å². The Balaban J connectivity index is 0.000000202. The Hall–Kier alpha value is -2.35. The van der Waals surface area contributed by atoms with Gasteiger partial charge in [0, 0.05) is 0 Å². The number of carboxylic acids is 1. The van der Waals surface area contributed by atoms with Crippen molar-refractivity contribution in [2.45, 2.75) is 0 Å². The average Bonchev–Trinajstić information content (AvgIpc) is 2.41. The first-order valence-corrected chi connectivity index (χ1v) is 5.20. The lowest BCUT2D eigenvalue weighted by Crippen LogP contribution is -1.98. The van der Waals surface area contributed by atoms with E-state index in [1.54, 1.807) is 24.3 Å². The molecule has 2 rings (SSSR count). The van der Waals surface area contributed by atoms with Crippen LogP contribution in [0, 0.1) is 0 Å². The minimum absolute atomic E-state index is 0.294. The van der Waals surface area contributed by atoms with Gasteiger partial charge in [-0.05, 0) is 11.6 Å². The van der Waals surface area contributed by atoms with Crippen LogP contribution in [0.15, 0.2) is 67.2 Å². The Labute approximate surface area is 101 Å². The van der Waals surface area contributed by atoms with Crippen LogP contribution < -0.4 is 0 Å². The molecule has 0 aliphatic rings. The maximum atomic E-state index is 10.5. The molecule has 0 aliphatic heterocycles. The second-order valence-electron chi connectivity index (χ2n) is 3.25. The molecule has 1 N–H and O–H groups in total. The van der Waals surface area contributed by atoms with Crippen LogP contribution in [0.2, 0.25) is 0 Å². The lowest BCUT2D eigenvalue weighted by Gasteiger charge is -1.97. The van der Waals surface area contributed by atoms with E-state index in [0.29, 0.717) is 11.1 Å². The molecule has 0 atom stereocenters. The molecule has 0 spiro atoms. The van der Waals surface area contributed by atoms with Crippen LogP contribution in [0.4, 0.5) is 0 Å². The Morgan fingerprint density at radius 3 is 1.76 bits per heavy atom. The van der Waals surface area contributed by atoms with E-state index in [4.69, 9.17) is 5.11 Å². The van der Waals surface area contributed by atoms with Crippen LogP contribution in [0.25, 0.3) is 6.08 Å². The van der Waals surface area contributed by atoms with Crippen molar-refractivity contribution < 1.29 is 9.90 Å². The summed E-state index contributed by atoms with van der Waals surface area (Å²) in [6.07, 6.45) is 1.53. The van der Waals surface area contributed by atoms with Gasteiger partial charge in [0.15, 0.2) is 0 Å². The molecule has 0 aromatic heterocycles. The van der Waals surface area contributed by atoms with E-state index < -0.39 is 5.97 Å². The molecule has 0 saturated heterocycles. The van der Waals surface area contributed by atoms with Crippen LogP contribution in [-0.2, 0) is 0 Å². The van der Waals surface area contributed by atoms with Gasteiger partial charge >= 0.3 is 5.97 Å². The van der Waals surface area contributed by atoms with Crippen molar-refractivity contribution in [1.29, 1.82) is 0 Å². The first kappa shape index (κ1) is 12.7. The third-order valence-electron chi connectivity index (χ3n) is 2.08. The van der Waals surface area contributed by atoms with E-state index in [1.807, 2.05) is 36.4 Å². The van der Waals surface area contributed by atoms with Gasteiger partial charge in [-0.25, -0.2) is 4.79 Å². The monoisotopic (exact) mass is 226 g/mol. The van der Waals surface area contributed by atoms with Gasteiger partial charge in [0.05, 0.1) is 5.56 Å². The molecule has 0 aliphatic carbocycles. The fraction of sp³-hybridized carbons (Fsp3) is 0. The molecular weight excluding hydrogens is 212 g/mol. The summed E-state index contributed by atoms with van der Waals surface area (Å²) in [7, 11) is 0. The maximum Gasteiger partial charge on any atom is 0.336 e. The molecule has 17 heavy (non-hydrogen) atoms. The van der Waals surface area contributed by atoms with Crippen molar-refractivity contribution in [1.82, 2.24) is 0 Å². The Kier molecular flexibility index (Phi) is 5.25. The first-order chi connectivity index (χ1) is 8.25. The van der Waals surface area contributed by atoms with Gasteiger partial charge in [0.25, 0.3) is 0 Å². The van der Waals surface area contributed by atoms with Gasteiger partial charge in [-0.15, -0.1) is 0 Å². The summed E-state index contributed by atoms with van der Waals surface area (Å²) in [5.41, 5.74) is 0.947. The van der Waals surface area contributed by atoms with Gasteiger partial charge < -0.3 is 5.11 Å². The average molecular weight is 226 g/mol. The van der Waals surface area contributed by atoms with Crippen molar-refractivity contribution in [3.05, 3.63) is 78.4 Å². The number of rotatable bonds is 2. The molecule has 86 valence electrons. The normalized spacial score (nSPS) is 8.71. The number of benzene rings is 2. The predicted molar refractivity (Wildman–Crippen MR) is 69.9 cm³/mol. The van der Waals surface area contributed by atoms with Crippen LogP contribution in [0.1, 0.15) is 15.9 Å². The van der Waals surface area contributed by atoms with Crippen molar-refractivity contribution in [2.75, 3.05) is 0 Å². The fourth-order valence-electron chi connectivity index (χ4n) is 1.25. The molecule has 0 heterocycles. The number of aromatic carboxylic acids is 1. The highest BCUT2D eigenvalue weighted by molar-refractivity contribution is 5.91. The Bertz CT molecular complexity index is 449. The van der Waals surface area contributed by atoms with Crippen LogP contribution in [0.3, 0.4) is 0 Å². The highest BCUT2D eigenvalue weighted by atomic mass is 16.4. The Morgan fingerprint density at radius 2 is 1.41 bits per heavy atom. The van der Waals surface area contributed by atoms with Crippen LogP contribution in [-0.4, -0.2) is 11.1 Å². The molecular formula is C15H14O2. The third-order valence-corrected chi connectivity index (χ3v) is 2.08. The minimum Gasteiger partial charge on any atom is -0.478 e. The smallest absolute Gasteiger partial charge is 0.336 e. The molecule has 2 nitrogen and oxygen atoms in total. The number of carboxylic acid groups (broad SMARTS) is 1. The molecule has 0 bridgehead atoms. The number of hydrogen-bond acceptors (Lipinski definition) is 1. The van der Waals surface area contributed by atoms with Crippen molar-refractivity contribution in [2.24, 2.45) is 0 Å². The molecule has 0 unspecified atom stereocenters. The summed E-state index contributed by atoms with van der Waals surface area (Å²) in [6.45, 7) is 3.51. The predicted octanol–water partition coefficient (Wildman–Crippen LogP) is 3.71. The summed E-state index contributed by atoms with van der Waals surface area (Å²) in [4.78, 5) is 10.5. The van der Waals surface area contributed by atoms with Crippen molar-refractivity contribution in [3.63, 3.8) is 0 Å². The zero-order valence-electron chi connectivity index (χ0n) is 9.41. The summed E-state index contributed by atoms with van der Waals surface area (Å²) in [5, 5.41) is 8.65. The summed E-state index contributed by atoms with van der Waals surface area (Å²) in [5.74, 6) is -0.916. The highest BCUT2D eigenvalue weighted by Crippen LogP contribution is 2.08. The van der Waals surface area contributed by atoms with E-state index in [2.05, 4.69) is 6.58 Å². The first-order valence-electron chi connectivity index (χ1n) is 5.20. The quantitative estimate of drug-likeness (QED) is 0.847. The Morgan fingerprint density at radius 1 is 0.941 bits per heavy atom. The summed E-state index contributed by atoms with van der Waals surface area (Å²) < 4.78 is 0. The van der Waals surface area contributed by atoms with E-state index in [1.165, 1.54) is 6.08 Å². The van der Waals surface area contributed by atoms with E-state index in [0.717, 1.165) is 0 Å². The molecule has 0 fully saturated rings. The SMILES string of the molecule is C=Cc1ccccc1C(=O)O.c1ccccc1. The number of carbonyl (C=O) groups is 1. The van der Waals surface area contributed by atoms with Gasteiger partial charge in [0.2, 0.25) is 0 Å².